The summed E-state index contributed by atoms with van der Waals surface area (Å²) in [5.74, 6) is 0.963. The fourth-order valence-electron chi connectivity index (χ4n) is 2.93. The zero-order valence-electron chi connectivity index (χ0n) is 12.7. The van der Waals surface area contributed by atoms with Crippen molar-refractivity contribution >= 4 is 27.7 Å². The number of benzene rings is 1. The van der Waals surface area contributed by atoms with Crippen LogP contribution in [0.4, 0.5) is 4.39 Å². The van der Waals surface area contributed by atoms with Crippen LogP contribution in [0, 0.1) is 5.82 Å². The Morgan fingerprint density at radius 2 is 2.10 bits per heavy atom. The zero-order chi connectivity index (χ0) is 15.1. The predicted molar refractivity (Wildman–Crippen MR) is 94.6 cm³/mol. The van der Waals surface area contributed by atoms with E-state index in [9.17, 15) is 4.39 Å². The third kappa shape index (κ3) is 5.91. The first-order valence-electron chi connectivity index (χ1n) is 7.98. The van der Waals surface area contributed by atoms with Gasteiger partial charge >= 0.3 is 0 Å². The Labute approximate surface area is 140 Å². The summed E-state index contributed by atoms with van der Waals surface area (Å²) in [4.78, 5) is 0. The maximum absolute atomic E-state index is 13.4. The highest BCUT2D eigenvalue weighted by Crippen LogP contribution is 2.29. The fraction of sp³-hybridized carbons (Fsp3) is 0.647. The molecule has 2 rings (SSSR count). The van der Waals surface area contributed by atoms with Gasteiger partial charge in [-0.3, -0.25) is 0 Å². The highest BCUT2D eigenvalue weighted by molar-refractivity contribution is 9.10. The topological polar surface area (TPSA) is 12.0 Å². The van der Waals surface area contributed by atoms with Crippen LogP contribution in [-0.4, -0.2) is 23.6 Å². The van der Waals surface area contributed by atoms with E-state index in [-0.39, 0.29) is 5.82 Å². The molecular formula is C17H25BrFNS. The van der Waals surface area contributed by atoms with Crippen molar-refractivity contribution in [1.29, 1.82) is 0 Å². The minimum Gasteiger partial charge on any atom is -0.313 e. The monoisotopic (exact) mass is 373 g/mol. The molecule has 0 amide bonds. The van der Waals surface area contributed by atoms with Gasteiger partial charge in [0.15, 0.2) is 0 Å². The number of halogens is 2. The van der Waals surface area contributed by atoms with E-state index in [4.69, 9.17) is 0 Å². The van der Waals surface area contributed by atoms with Crippen LogP contribution in [0.25, 0.3) is 0 Å². The first-order chi connectivity index (χ1) is 10.2. The summed E-state index contributed by atoms with van der Waals surface area (Å²) in [5, 5.41) is 4.38. The fourth-order valence-corrected chi connectivity index (χ4v) is 4.74. The van der Waals surface area contributed by atoms with Crippen molar-refractivity contribution in [3.05, 3.63) is 34.1 Å². The molecule has 1 aromatic carbocycles. The van der Waals surface area contributed by atoms with Crippen molar-refractivity contribution in [3.8, 4) is 0 Å². The average Bonchev–Trinajstić information content (AvgIpc) is 2.50. The Bertz CT molecular complexity index is 435. The molecule has 1 unspecified atom stereocenters. The van der Waals surface area contributed by atoms with E-state index in [1.54, 1.807) is 6.07 Å². The Morgan fingerprint density at radius 1 is 1.33 bits per heavy atom. The van der Waals surface area contributed by atoms with Gasteiger partial charge in [-0.15, -0.1) is 0 Å². The lowest BCUT2D eigenvalue weighted by Crippen LogP contribution is -2.34. The van der Waals surface area contributed by atoms with E-state index in [0.717, 1.165) is 34.0 Å². The van der Waals surface area contributed by atoms with Gasteiger partial charge in [-0.2, -0.15) is 11.8 Å². The van der Waals surface area contributed by atoms with Gasteiger partial charge in [0.05, 0.1) is 0 Å². The van der Waals surface area contributed by atoms with Gasteiger partial charge in [0.25, 0.3) is 0 Å². The van der Waals surface area contributed by atoms with Crippen molar-refractivity contribution < 1.29 is 4.39 Å². The molecule has 0 bridgehead atoms. The van der Waals surface area contributed by atoms with Gasteiger partial charge in [-0.1, -0.05) is 42.1 Å². The molecule has 0 aliphatic heterocycles. The lowest BCUT2D eigenvalue weighted by molar-refractivity contribution is 0.512. The molecule has 1 aromatic rings. The summed E-state index contributed by atoms with van der Waals surface area (Å²) in [5.41, 5.74) is 1.06. The van der Waals surface area contributed by atoms with Crippen molar-refractivity contribution in [2.24, 2.45) is 0 Å². The van der Waals surface area contributed by atoms with E-state index in [0.29, 0.717) is 6.04 Å². The molecular weight excluding hydrogens is 349 g/mol. The highest BCUT2D eigenvalue weighted by atomic mass is 79.9. The van der Waals surface area contributed by atoms with Gasteiger partial charge in [-0.25, -0.2) is 4.39 Å². The third-order valence-electron chi connectivity index (χ3n) is 4.05. The van der Waals surface area contributed by atoms with E-state index in [1.165, 1.54) is 38.2 Å². The van der Waals surface area contributed by atoms with Crippen LogP contribution in [0.3, 0.4) is 0 Å². The molecule has 1 saturated carbocycles. The van der Waals surface area contributed by atoms with Gasteiger partial charge < -0.3 is 5.32 Å². The summed E-state index contributed by atoms with van der Waals surface area (Å²) < 4.78 is 14.4. The van der Waals surface area contributed by atoms with Crippen molar-refractivity contribution in [2.45, 2.75) is 56.7 Å². The number of likely N-dealkylation sites (N-methyl/N-ethyl adjacent to an activating group) is 1. The molecule has 1 nitrogen and oxygen atoms in total. The van der Waals surface area contributed by atoms with Gasteiger partial charge in [0.1, 0.15) is 5.82 Å². The van der Waals surface area contributed by atoms with E-state index >= 15 is 0 Å². The van der Waals surface area contributed by atoms with Crippen LogP contribution in [0.5, 0.6) is 0 Å². The summed E-state index contributed by atoms with van der Waals surface area (Å²) in [7, 11) is 0. The molecule has 1 aliphatic rings. The lowest BCUT2D eigenvalue weighted by atomic mass is 10.0. The first-order valence-corrected chi connectivity index (χ1v) is 9.82. The lowest BCUT2D eigenvalue weighted by Gasteiger charge is -2.24. The smallest absolute Gasteiger partial charge is 0.123 e. The Morgan fingerprint density at radius 3 is 2.81 bits per heavy atom. The van der Waals surface area contributed by atoms with Crippen molar-refractivity contribution in [1.82, 2.24) is 5.32 Å². The molecule has 0 aromatic heterocycles. The maximum atomic E-state index is 13.4. The second-order valence-electron chi connectivity index (χ2n) is 5.79. The SMILES string of the molecule is CCNC(CSC1CCCCC1)Cc1cc(F)ccc1Br. The summed E-state index contributed by atoms with van der Waals surface area (Å²) >= 11 is 5.64. The predicted octanol–water partition coefficient (Wildman–Crippen LogP) is 5.17. The molecule has 0 radical (unpaired) electrons. The van der Waals surface area contributed by atoms with Crippen LogP contribution in [0.1, 0.15) is 44.6 Å². The highest BCUT2D eigenvalue weighted by Gasteiger charge is 2.17. The van der Waals surface area contributed by atoms with Crippen LogP contribution in [-0.2, 0) is 6.42 Å². The van der Waals surface area contributed by atoms with Gasteiger partial charge in [-0.05, 0) is 49.6 Å². The number of hydrogen-bond donors (Lipinski definition) is 1. The normalized spacial score (nSPS) is 17.9. The Balaban J connectivity index is 1.89. The second-order valence-corrected chi connectivity index (χ2v) is 7.98. The minimum atomic E-state index is -0.150. The molecule has 21 heavy (non-hydrogen) atoms. The van der Waals surface area contributed by atoms with E-state index in [1.807, 2.05) is 6.07 Å². The van der Waals surface area contributed by atoms with Crippen LogP contribution >= 0.6 is 27.7 Å². The molecule has 0 spiro atoms. The summed E-state index contributed by atoms with van der Waals surface area (Å²) in [6.07, 6.45) is 7.80. The second kappa shape index (κ2) is 9.16. The first kappa shape index (κ1) is 17.3. The van der Waals surface area contributed by atoms with Crippen LogP contribution < -0.4 is 5.32 Å². The van der Waals surface area contributed by atoms with Crippen LogP contribution in [0.15, 0.2) is 22.7 Å². The van der Waals surface area contributed by atoms with Crippen LogP contribution in [0.2, 0.25) is 0 Å². The number of thioether (sulfide) groups is 1. The molecule has 0 heterocycles. The summed E-state index contributed by atoms with van der Waals surface area (Å²) in [6.45, 7) is 3.10. The number of rotatable bonds is 7. The number of nitrogens with one attached hydrogen (secondary N) is 1. The van der Waals surface area contributed by atoms with Gasteiger partial charge in [0.2, 0.25) is 0 Å². The largest absolute Gasteiger partial charge is 0.313 e. The molecule has 118 valence electrons. The van der Waals surface area contributed by atoms with Crippen molar-refractivity contribution in [2.75, 3.05) is 12.3 Å². The Kier molecular flexibility index (Phi) is 7.55. The zero-order valence-corrected chi connectivity index (χ0v) is 15.1. The molecule has 1 aliphatic carbocycles. The van der Waals surface area contributed by atoms with Gasteiger partial charge in [0, 0.05) is 21.5 Å². The maximum Gasteiger partial charge on any atom is 0.123 e. The molecule has 0 saturated heterocycles. The standard InChI is InChI=1S/C17H25BrFNS/c1-2-20-15(12-21-16-6-4-3-5-7-16)11-13-10-14(19)8-9-17(13)18/h8-10,15-16,20H,2-7,11-12H2,1H3. The van der Waals surface area contributed by atoms with E-state index < -0.39 is 0 Å². The molecule has 4 heteroatoms. The quantitative estimate of drug-likeness (QED) is 0.706. The molecule has 1 N–H and O–H groups in total. The minimum absolute atomic E-state index is 0.150. The molecule has 1 atom stereocenters. The summed E-state index contributed by atoms with van der Waals surface area (Å²) in [6, 6.07) is 5.38. The third-order valence-corrected chi connectivity index (χ3v) is 6.36. The average molecular weight is 374 g/mol. The molecule has 1 fully saturated rings. The number of hydrogen-bond acceptors (Lipinski definition) is 2. The van der Waals surface area contributed by atoms with E-state index in [2.05, 4.69) is 39.9 Å². The van der Waals surface area contributed by atoms with Crippen molar-refractivity contribution in [3.63, 3.8) is 0 Å². The Hall–Kier alpha value is -0.0600.